The van der Waals surface area contributed by atoms with Crippen LogP contribution in [0.25, 0.3) is 0 Å². The zero-order chi connectivity index (χ0) is 21.7. The summed E-state index contributed by atoms with van der Waals surface area (Å²) < 4.78 is 45.7. The Morgan fingerprint density at radius 3 is 2.60 bits per heavy atom. The number of carbonyl (C=O) groups excluding carboxylic acids is 2. The van der Waals surface area contributed by atoms with Crippen LogP contribution in [0.2, 0.25) is 0 Å². The minimum Gasteiger partial charge on any atom is -0.462 e. The van der Waals surface area contributed by atoms with Gasteiger partial charge in [0.2, 0.25) is 5.91 Å². The number of hydrazine groups is 1. The normalized spacial score (nSPS) is 18.6. The second kappa shape index (κ2) is 9.20. The molecule has 30 heavy (non-hydrogen) atoms. The summed E-state index contributed by atoms with van der Waals surface area (Å²) in [5.41, 5.74) is 6.02. The number of anilines is 2. The lowest BCUT2D eigenvalue weighted by molar-refractivity contribution is -0.119. The number of esters is 1. The minimum absolute atomic E-state index is 0.0679. The maximum atomic E-state index is 13.0. The molecule has 0 spiro atoms. The molecule has 2 aromatic rings. The van der Waals surface area contributed by atoms with Crippen molar-refractivity contribution in [1.29, 1.82) is 0 Å². The molecule has 1 amide bonds. The van der Waals surface area contributed by atoms with Gasteiger partial charge in [0.25, 0.3) is 10.0 Å². The van der Waals surface area contributed by atoms with Crippen molar-refractivity contribution in [3.63, 3.8) is 0 Å². The predicted molar refractivity (Wildman–Crippen MR) is 108 cm³/mol. The van der Waals surface area contributed by atoms with E-state index in [4.69, 9.17) is 4.74 Å². The molecule has 2 aromatic carbocycles. The highest BCUT2D eigenvalue weighted by Crippen LogP contribution is 2.21. The molecule has 2 unspecified atom stereocenters. The molecule has 0 aromatic heterocycles. The minimum atomic E-state index is -4.02. The number of sulfonamides is 1. The first-order chi connectivity index (χ1) is 14.3. The lowest BCUT2D eigenvalue weighted by Crippen LogP contribution is -2.45. The molecule has 11 heteroatoms. The maximum absolute atomic E-state index is 13.0. The molecule has 160 valence electrons. The van der Waals surface area contributed by atoms with E-state index in [0.717, 1.165) is 12.1 Å². The van der Waals surface area contributed by atoms with Crippen molar-refractivity contribution in [3.8, 4) is 0 Å². The Kier molecular flexibility index (Phi) is 6.65. The van der Waals surface area contributed by atoms with E-state index >= 15 is 0 Å². The average molecular weight is 436 g/mol. The summed E-state index contributed by atoms with van der Waals surface area (Å²) in [5, 5.41) is 1.36. The lowest BCUT2D eigenvalue weighted by Gasteiger charge is -2.19. The van der Waals surface area contributed by atoms with E-state index in [9.17, 15) is 22.4 Å². The Hall–Kier alpha value is -3.02. The summed E-state index contributed by atoms with van der Waals surface area (Å²) in [5.74, 6) is -2.54. The van der Waals surface area contributed by atoms with Gasteiger partial charge in [0.1, 0.15) is 5.82 Å². The molecule has 3 rings (SSSR count). The fourth-order valence-electron chi connectivity index (χ4n) is 2.92. The Labute approximate surface area is 173 Å². The van der Waals surface area contributed by atoms with Crippen LogP contribution in [0.5, 0.6) is 0 Å². The Morgan fingerprint density at radius 1 is 1.17 bits per heavy atom. The number of hydrogen-bond acceptors (Lipinski definition) is 7. The summed E-state index contributed by atoms with van der Waals surface area (Å²) >= 11 is 0. The second-order valence-corrected chi connectivity index (χ2v) is 8.30. The van der Waals surface area contributed by atoms with E-state index in [1.807, 2.05) is 0 Å². The van der Waals surface area contributed by atoms with E-state index < -0.39 is 39.0 Å². The van der Waals surface area contributed by atoms with Crippen LogP contribution >= 0.6 is 0 Å². The number of amides is 1. The summed E-state index contributed by atoms with van der Waals surface area (Å²) in [6, 6.07) is 11.0. The third kappa shape index (κ3) is 5.12. The van der Waals surface area contributed by atoms with Gasteiger partial charge in [0.05, 0.1) is 18.1 Å². The number of rotatable bonds is 7. The standard InChI is InChI=1S/C19H21FN4O5S/c1-2-29-19(26)12-4-3-5-15(10-12)22-17(25)16-11-21-23-18(16)30(27,28)24-14-8-6-13(20)7-9-14/h3-10,16,18,21,23-24H,2,11H2,1H3,(H,22,25). The van der Waals surface area contributed by atoms with Crippen molar-refractivity contribution >= 4 is 33.3 Å². The molecule has 9 nitrogen and oxygen atoms in total. The van der Waals surface area contributed by atoms with Gasteiger partial charge in [-0.15, -0.1) is 0 Å². The van der Waals surface area contributed by atoms with Gasteiger partial charge in [0, 0.05) is 17.9 Å². The molecular weight excluding hydrogens is 415 g/mol. The van der Waals surface area contributed by atoms with E-state index in [1.165, 1.54) is 18.2 Å². The SMILES string of the molecule is CCOC(=O)c1cccc(NC(=O)C2CNNC2S(=O)(=O)Nc2ccc(F)cc2)c1. The van der Waals surface area contributed by atoms with Crippen LogP contribution in [0, 0.1) is 11.7 Å². The van der Waals surface area contributed by atoms with Gasteiger partial charge in [-0.05, 0) is 49.4 Å². The first kappa shape index (κ1) is 21.7. The van der Waals surface area contributed by atoms with Crippen molar-refractivity contribution in [2.45, 2.75) is 12.3 Å². The van der Waals surface area contributed by atoms with Gasteiger partial charge in [-0.25, -0.2) is 23.0 Å². The first-order valence-corrected chi connectivity index (χ1v) is 10.7. The Bertz CT molecular complexity index is 1030. The van der Waals surface area contributed by atoms with Crippen LogP contribution in [0.3, 0.4) is 0 Å². The number of nitrogens with one attached hydrogen (secondary N) is 4. The van der Waals surface area contributed by atoms with Gasteiger partial charge in [-0.2, -0.15) is 0 Å². The number of hydrogen-bond donors (Lipinski definition) is 4. The molecule has 0 bridgehead atoms. The zero-order valence-corrected chi connectivity index (χ0v) is 16.8. The van der Waals surface area contributed by atoms with Gasteiger partial charge in [-0.3, -0.25) is 14.9 Å². The molecule has 0 saturated carbocycles. The lowest BCUT2D eigenvalue weighted by atomic mass is 10.1. The van der Waals surface area contributed by atoms with Gasteiger partial charge in [-0.1, -0.05) is 6.07 Å². The number of halogens is 1. The van der Waals surface area contributed by atoms with E-state index in [-0.39, 0.29) is 24.4 Å². The molecule has 2 atom stereocenters. The highest BCUT2D eigenvalue weighted by Gasteiger charge is 2.42. The average Bonchev–Trinajstić information content (AvgIpc) is 3.21. The Morgan fingerprint density at radius 2 is 1.90 bits per heavy atom. The monoisotopic (exact) mass is 436 g/mol. The smallest absolute Gasteiger partial charge is 0.338 e. The van der Waals surface area contributed by atoms with Crippen molar-refractivity contribution < 1.29 is 27.1 Å². The summed E-state index contributed by atoms with van der Waals surface area (Å²) in [6.07, 6.45) is 0. The first-order valence-electron chi connectivity index (χ1n) is 9.14. The third-order valence-electron chi connectivity index (χ3n) is 4.35. The van der Waals surface area contributed by atoms with Gasteiger partial charge in [0.15, 0.2) is 5.37 Å². The highest BCUT2D eigenvalue weighted by molar-refractivity contribution is 7.93. The third-order valence-corrected chi connectivity index (χ3v) is 5.98. The van der Waals surface area contributed by atoms with Gasteiger partial charge >= 0.3 is 5.97 Å². The quantitative estimate of drug-likeness (QED) is 0.484. The molecule has 1 aliphatic heterocycles. The van der Waals surface area contributed by atoms with E-state index in [2.05, 4.69) is 20.9 Å². The van der Waals surface area contributed by atoms with E-state index in [0.29, 0.717) is 5.69 Å². The van der Waals surface area contributed by atoms with Crippen LogP contribution in [-0.2, 0) is 19.6 Å². The van der Waals surface area contributed by atoms with Crippen LogP contribution in [0.1, 0.15) is 17.3 Å². The number of ether oxygens (including phenoxy) is 1. The van der Waals surface area contributed by atoms with Crippen molar-refractivity contribution in [3.05, 3.63) is 59.9 Å². The largest absolute Gasteiger partial charge is 0.462 e. The number of carbonyl (C=O) groups is 2. The second-order valence-electron chi connectivity index (χ2n) is 6.50. The molecule has 1 aliphatic rings. The summed E-state index contributed by atoms with van der Waals surface area (Å²) in [4.78, 5) is 24.6. The Balaban J connectivity index is 1.72. The molecule has 4 N–H and O–H groups in total. The topological polar surface area (TPSA) is 126 Å². The highest BCUT2D eigenvalue weighted by atomic mass is 32.2. The van der Waals surface area contributed by atoms with Crippen LogP contribution < -0.4 is 20.9 Å². The van der Waals surface area contributed by atoms with Crippen LogP contribution in [-0.4, -0.2) is 38.8 Å². The van der Waals surface area contributed by atoms with Crippen molar-refractivity contribution in [2.24, 2.45) is 5.92 Å². The van der Waals surface area contributed by atoms with Crippen LogP contribution in [0.15, 0.2) is 48.5 Å². The molecule has 1 saturated heterocycles. The van der Waals surface area contributed by atoms with Crippen molar-refractivity contribution in [1.82, 2.24) is 10.9 Å². The zero-order valence-electron chi connectivity index (χ0n) is 16.0. The fraction of sp³-hybridized carbons (Fsp3) is 0.263. The molecule has 0 radical (unpaired) electrons. The predicted octanol–water partition coefficient (Wildman–Crippen LogP) is 1.43. The van der Waals surface area contributed by atoms with E-state index in [1.54, 1.807) is 25.1 Å². The number of benzene rings is 2. The van der Waals surface area contributed by atoms with Crippen molar-refractivity contribution in [2.75, 3.05) is 23.2 Å². The van der Waals surface area contributed by atoms with Crippen LogP contribution in [0.4, 0.5) is 15.8 Å². The fourth-order valence-corrected chi connectivity index (χ4v) is 4.40. The van der Waals surface area contributed by atoms with Gasteiger partial charge < -0.3 is 10.1 Å². The molecule has 1 heterocycles. The maximum Gasteiger partial charge on any atom is 0.338 e. The molecular formula is C19H21FN4O5S. The summed E-state index contributed by atoms with van der Waals surface area (Å²) in [6.45, 7) is 1.97. The molecule has 0 aliphatic carbocycles. The summed E-state index contributed by atoms with van der Waals surface area (Å²) in [7, 11) is -4.02. The molecule has 1 fully saturated rings.